The van der Waals surface area contributed by atoms with E-state index in [4.69, 9.17) is 0 Å². The van der Waals surface area contributed by atoms with Gasteiger partial charge in [0.15, 0.2) is 5.78 Å². The zero-order chi connectivity index (χ0) is 19.9. The predicted molar refractivity (Wildman–Crippen MR) is 104 cm³/mol. The number of imide groups is 1. The van der Waals surface area contributed by atoms with Crippen molar-refractivity contribution < 1.29 is 14.4 Å². The molecule has 0 atom stereocenters. The second-order valence-electron chi connectivity index (χ2n) is 8.43. The van der Waals surface area contributed by atoms with Crippen LogP contribution < -0.4 is 5.32 Å². The van der Waals surface area contributed by atoms with Crippen LogP contribution in [0.4, 0.5) is 4.79 Å². The largest absolute Gasteiger partial charge is 0.346 e. The van der Waals surface area contributed by atoms with E-state index in [9.17, 15) is 14.4 Å². The molecule has 1 saturated carbocycles. The van der Waals surface area contributed by atoms with Crippen molar-refractivity contribution in [3.63, 3.8) is 0 Å². The van der Waals surface area contributed by atoms with Gasteiger partial charge in [-0.15, -0.1) is 0 Å². The monoisotopic (exact) mass is 373 g/mol. The standard InChI is InChI=1S/C21H31N3O3/c1-6-16-7-9-21(10-8-16)19(26)23(20(27)22-21)12-18(25)17-11-14(4)24(13(2)3)15(17)5/h11,13,16H,6-10,12H2,1-5H3,(H,22,27). The quantitative estimate of drug-likeness (QED) is 0.631. The Hall–Kier alpha value is -2.11. The van der Waals surface area contributed by atoms with Gasteiger partial charge in [0, 0.05) is 23.0 Å². The molecule has 0 unspecified atom stereocenters. The van der Waals surface area contributed by atoms with E-state index in [0.717, 1.165) is 35.6 Å². The molecule has 0 radical (unpaired) electrons. The lowest BCUT2D eigenvalue weighted by molar-refractivity contribution is -0.132. The van der Waals surface area contributed by atoms with Crippen LogP contribution in [0.25, 0.3) is 0 Å². The van der Waals surface area contributed by atoms with Crippen LogP contribution >= 0.6 is 0 Å². The Morgan fingerprint density at radius 2 is 1.89 bits per heavy atom. The molecule has 3 rings (SSSR count). The summed E-state index contributed by atoms with van der Waals surface area (Å²) in [5.41, 5.74) is 1.70. The highest BCUT2D eigenvalue weighted by Crippen LogP contribution is 2.37. The van der Waals surface area contributed by atoms with Gasteiger partial charge in [0.25, 0.3) is 5.91 Å². The van der Waals surface area contributed by atoms with Gasteiger partial charge in [-0.2, -0.15) is 0 Å². The molecule has 0 aromatic carbocycles. The van der Waals surface area contributed by atoms with Crippen molar-refractivity contribution in [3.8, 4) is 0 Å². The van der Waals surface area contributed by atoms with Crippen LogP contribution in [0.5, 0.6) is 0 Å². The van der Waals surface area contributed by atoms with E-state index >= 15 is 0 Å². The average Bonchev–Trinajstić information content (AvgIpc) is 3.04. The second kappa shape index (κ2) is 7.13. The zero-order valence-electron chi connectivity index (χ0n) is 17.1. The summed E-state index contributed by atoms with van der Waals surface area (Å²) in [5.74, 6) is 0.211. The first kappa shape index (κ1) is 19.6. The van der Waals surface area contributed by atoms with Crippen LogP contribution in [0.3, 0.4) is 0 Å². The lowest BCUT2D eigenvalue weighted by atomic mass is 9.75. The molecule has 27 heavy (non-hydrogen) atoms. The summed E-state index contributed by atoms with van der Waals surface area (Å²) in [6.07, 6.45) is 4.33. The number of carbonyl (C=O) groups excluding carboxylic acids is 3. The van der Waals surface area contributed by atoms with Gasteiger partial charge >= 0.3 is 6.03 Å². The Labute approximate surface area is 161 Å². The van der Waals surface area contributed by atoms with Crippen LogP contribution in [-0.2, 0) is 4.79 Å². The highest BCUT2D eigenvalue weighted by atomic mass is 16.2. The van der Waals surface area contributed by atoms with Crippen molar-refractivity contribution in [1.82, 2.24) is 14.8 Å². The minimum Gasteiger partial charge on any atom is -0.346 e. The number of nitrogens with zero attached hydrogens (tertiary/aromatic N) is 2. The summed E-state index contributed by atoms with van der Waals surface area (Å²) in [6.45, 7) is 10.0. The number of rotatable bonds is 5. The smallest absolute Gasteiger partial charge is 0.325 e. The molecule has 2 fully saturated rings. The Bertz CT molecular complexity index is 770. The third kappa shape index (κ3) is 3.30. The first-order chi connectivity index (χ1) is 12.7. The molecule has 1 N–H and O–H groups in total. The number of urea groups is 1. The van der Waals surface area contributed by atoms with Crippen molar-refractivity contribution in [1.29, 1.82) is 0 Å². The Kier molecular flexibility index (Phi) is 5.19. The molecule has 1 spiro atoms. The number of Topliss-reactive ketones (excluding diaryl/α,β-unsaturated/α-hetero) is 1. The highest BCUT2D eigenvalue weighted by molar-refractivity contribution is 6.11. The Morgan fingerprint density at radius 1 is 1.26 bits per heavy atom. The molecule has 1 aliphatic heterocycles. The van der Waals surface area contributed by atoms with Crippen LogP contribution in [-0.4, -0.2) is 39.3 Å². The normalized spacial score (nSPS) is 25.6. The molecule has 1 saturated heterocycles. The van der Waals surface area contributed by atoms with E-state index in [1.807, 2.05) is 19.9 Å². The third-order valence-electron chi connectivity index (χ3n) is 6.38. The maximum atomic E-state index is 13.0. The van der Waals surface area contributed by atoms with Crippen LogP contribution in [0, 0.1) is 19.8 Å². The lowest BCUT2D eigenvalue weighted by Crippen LogP contribution is -2.49. The summed E-state index contributed by atoms with van der Waals surface area (Å²) in [6, 6.07) is 1.68. The molecule has 1 aromatic heterocycles. The molecule has 148 valence electrons. The van der Waals surface area contributed by atoms with E-state index in [-0.39, 0.29) is 24.3 Å². The van der Waals surface area contributed by atoms with E-state index in [1.54, 1.807) is 0 Å². The number of carbonyl (C=O) groups is 3. The average molecular weight is 373 g/mol. The van der Waals surface area contributed by atoms with Gasteiger partial charge in [-0.05, 0) is 65.4 Å². The highest BCUT2D eigenvalue weighted by Gasteiger charge is 2.52. The molecule has 6 nitrogen and oxygen atoms in total. The number of ketones is 1. The summed E-state index contributed by atoms with van der Waals surface area (Å²) in [4.78, 5) is 39.5. The lowest BCUT2D eigenvalue weighted by Gasteiger charge is -2.34. The Balaban J connectivity index is 1.76. The van der Waals surface area contributed by atoms with Crippen LogP contribution in [0.1, 0.15) is 80.7 Å². The molecule has 3 amide bonds. The van der Waals surface area contributed by atoms with E-state index in [1.165, 1.54) is 0 Å². The minimum atomic E-state index is -0.794. The third-order valence-corrected chi connectivity index (χ3v) is 6.38. The van der Waals surface area contributed by atoms with Gasteiger partial charge in [-0.25, -0.2) is 4.79 Å². The number of hydrogen-bond donors (Lipinski definition) is 1. The van der Waals surface area contributed by atoms with E-state index in [0.29, 0.717) is 24.3 Å². The summed E-state index contributed by atoms with van der Waals surface area (Å²) in [7, 11) is 0. The van der Waals surface area contributed by atoms with Crippen LogP contribution in [0.15, 0.2) is 6.07 Å². The van der Waals surface area contributed by atoms with E-state index in [2.05, 4.69) is 30.7 Å². The molecule has 1 aromatic rings. The molecular formula is C21H31N3O3. The van der Waals surface area contributed by atoms with Crippen molar-refractivity contribution >= 4 is 17.7 Å². The topological polar surface area (TPSA) is 71.4 Å². The van der Waals surface area contributed by atoms with Crippen molar-refractivity contribution in [3.05, 3.63) is 23.0 Å². The SMILES string of the molecule is CCC1CCC2(CC1)NC(=O)N(CC(=O)c1cc(C)n(C(C)C)c1C)C2=O. The number of aromatic nitrogens is 1. The fourth-order valence-corrected chi connectivity index (χ4v) is 4.82. The summed E-state index contributed by atoms with van der Waals surface area (Å²) < 4.78 is 2.10. The van der Waals surface area contributed by atoms with Gasteiger partial charge in [0.1, 0.15) is 5.54 Å². The van der Waals surface area contributed by atoms with E-state index < -0.39 is 11.6 Å². The minimum absolute atomic E-state index is 0.183. The first-order valence-corrected chi connectivity index (χ1v) is 10.1. The second-order valence-corrected chi connectivity index (χ2v) is 8.43. The van der Waals surface area contributed by atoms with Gasteiger partial charge in [0.2, 0.25) is 0 Å². The summed E-state index contributed by atoms with van der Waals surface area (Å²) >= 11 is 0. The first-order valence-electron chi connectivity index (χ1n) is 10.1. The number of nitrogens with one attached hydrogen (secondary N) is 1. The fraction of sp³-hybridized carbons (Fsp3) is 0.667. The number of hydrogen-bond acceptors (Lipinski definition) is 3. The molecule has 0 bridgehead atoms. The Morgan fingerprint density at radius 3 is 2.41 bits per heavy atom. The van der Waals surface area contributed by atoms with Crippen molar-refractivity contribution in [2.75, 3.05) is 6.54 Å². The predicted octanol–water partition coefficient (Wildman–Crippen LogP) is 3.76. The molecule has 2 heterocycles. The molecule has 2 aliphatic rings. The fourth-order valence-electron chi connectivity index (χ4n) is 4.82. The number of aryl methyl sites for hydroxylation is 1. The van der Waals surface area contributed by atoms with Gasteiger partial charge in [0.05, 0.1) is 6.54 Å². The molecule has 1 aliphatic carbocycles. The summed E-state index contributed by atoms with van der Waals surface area (Å²) in [5, 5.41) is 2.90. The maximum absolute atomic E-state index is 13.0. The molecule has 6 heteroatoms. The van der Waals surface area contributed by atoms with Crippen molar-refractivity contribution in [2.45, 2.75) is 78.3 Å². The van der Waals surface area contributed by atoms with Gasteiger partial charge in [-0.1, -0.05) is 13.3 Å². The zero-order valence-corrected chi connectivity index (χ0v) is 17.1. The van der Waals surface area contributed by atoms with Crippen molar-refractivity contribution in [2.24, 2.45) is 5.92 Å². The van der Waals surface area contributed by atoms with Gasteiger partial charge < -0.3 is 9.88 Å². The number of amides is 3. The van der Waals surface area contributed by atoms with Crippen LogP contribution in [0.2, 0.25) is 0 Å². The van der Waals surface area contributed by atoms with Gasteiger partial charge in [-0.3, -0.25) is 14.5 Å². The molecular weight excluding hydrogens is 342 g/mol. The maximum Gasteiger partial charge on any atom is 0.325 e.